The Morgan fingerprint density at radius 3 is 2.84 bits per heavy atom. The minimum absolute atomic E-state index is 0.0626. The van der Waals surface area contributed by atoms with Crippen molar-refractivity contribution in [1.82, 2.24) is 19.5 Å². The summed E-state index contributed by atoms with van der Waals surface area (Å²) >= 11 is 8.96. The highest BCUT2D eigenvalue weighted by Gasteiger charge is 2.19. The Hall–Kier alpha value is -0.960. The van der Waals surface area contributed by atoms with E-state index in [1.54, 1.807) is 24.1 Å². The number of sulfonamides is 1. The normalized spacial score (nSPS) is 11.7. The van der Waals surface area contributed by atoms with Gasteiger partial charge in [0.1, 0.15) is 10.0 Å². The molecule has 0 unspecified atom stereocenters. The van der Waals surface area contributed by atoms with E-state index in [9.17, 15) is 8.42 Å². The number of nitrogens with zero attached hydrogens (tertiary/aromatic N) is 3. The van der Waals surface area contributed by atoms with Gasteiger partial charge < -0.3 is 0 Å². The number of nitrogens with one attached hydrogen (secondary N) is 1. The fourth-order valence-electron chi connectivity index (χ4n) is 1.41. The summed E-state index contributed by atoms with van der Waals surface area (Å²) in [5.41, 5.74) is 0.755. The first-order valence-electron chi connectivity index (χ1n) is 5.17. The zero-order valence-corrected chi connectivity index (χ0v) is 13.0. The van der Waals surface area contributed by atoms with Crippen molar-refractivity contribution in [2.45, 2.75) is 11.4 Å². The highest BCUT2D eigenvalue weighted by molar-refractivity contribution is 9.10. The topological polar surface area (TPSA) is 76.9 Å². The van der Waals surface area contributed by atoms with Gasteiger partial charge in [-0.15, -0.1) is 0 Å². The van der Waals surface area contributed by atoms with Gasteiger partial charge in [0.25, 0.3) is 0 Å². The SMILES string of the molecule is Cn1cc(CNS(=O)(=O)c2cc(Br)cnc2Cl)cn1. The molecule has 0 spiro atoms. The lowest BCUT2D eigenvalue weighted by atomic mass is 10.4. The predicted octanol–water partition coefficient (Wildman–Crippen LogP) is 1.71. The molecule has 0 amide bonds. The molecule has 0 saturated carbocycles. The number of hydrogen-bond donors (Lipinski definition) is 1. The third-order valence-electron chi connectivity index (χ3n) is 2.29. The van der Waals surface area contributed by atoms with E-state index in [0.717, 1.165) is 5.56 Å². The van der Waals surface area contributed by atoms with Crippen LogP contribution in [0.3, 0.4) is 0 Å². The van der Waals surface area contributed by atoms with Crippen LogP contribution in [-0.2, 0) is 23.6 Å². The standard InChI is InChI=1S/C10H10BrClN4O2S/c1-16-6-7(3-14-16)4-15-19(17,18)9-2-8(11)5-13-10(9)12/h2-3,5-6,15H,4H2,1H3. The van der Waals surface area contributed by atoms with Crippen molar-refractivity contribution in [3.8, 4) is 0 Å². The second kappa shape index (κ2) is 5.58. The maximum atomic E-state index is 12.1. The van der Waals surface area contributed by atoms with Crippen LogP contribution in [0.4, 0.5) is 0 Å². The van der Waals surface area contributed by atoms with Gasteiger partial charge in [-0.2, -0.15) is 5.10 Å². The first-order chi connectivity index (χ1) is 8.88. The molecular formula is C10H10BrClN4O2S. The summed E-state index contributed by atoms with van der Waals surface area (Å²) in [5.74, 6) is 0. The zero-order valence-electron chi connectivity index (χ0n) is 9.84. The number of halogens is 2. The highest BCUT2D eigenvalue weighted by Crippen LogP contribution is 2.22. The molecule has 2 heterocycles. The number of rotatable bonds is 4. The van der Waals surface area contributed by atoms with Crippen LogP contribution in [0.25, 0.3) is 0 Å². The third-order valence-corrected chi connectivity index (χ3v) is 4.55. The molecule has 0 aliphatic carbocycles. The lowest BCUT2D eigenvalue weighted by Gasteiger charge is -2.07. The van der Waals surface area contributed by atoms with E-state index in [0.29, 0.717) is 4.47 Å². The summed E-state index contributed by atoms with van der Waals surface area (Å²) in [6.07, 6.45) is 4.75. The summed E-state index contributed by atoms with van der Waals surface area (Å²) in [5, 5.41) is 3.89. The second-order valence-corrected chi connectivity index (χ2v) is 6.80. The van der Waals surface area contributed by atoms with Crippen LogP contribution >= 0.6 is 27.5 Å². The molecule has 0 atom stereocenters. The number of pyridine rings is 1. The van der Waals surface area contributed by atoms with Gasteiger partial charge in [0.05, 0.1) is 6.20 Å². The van der Waals surface area contributed by atoms with Crippen molar-refractivity contribution in [3.63, 3.8) is 0 Å². The maximum absolute atomic E-state index is 12.1. The van der Waals surface area contributed by atoms with Crippen molar-refractivity contribution >= 4 is 37.6 Å². The van der Waals surface area contributed by atoms with E-state index in [-0.39, 0.29) is 16.6 Å². The molecule has 0 fully saturated rings. The van der Waals surface area contributed by atoms with E-state index in [2.05, 4.69) is 30.7 Å². The fourth-order valence-corrected chi connectivity index (χ4v) is 3.37. The largest absolute Gasteiger partial charge is 0.275 e. The number of aromatic nitrogens is 3. The van der Waals surface area contributed by atoms with Gasteiger partial charge in [-0.25, -0.2) is 18.1 Å². The van der Waals surface area contributed by atoms with Crippen LogP contribution in [-0.4, -0.2) is 23.2 Å². The van der Waals surface area contributed by atoms with Crippen molar-refractivity contribution < 1.29 is 8.42 Å². The lowest BCUT2D eigenvalue weighted by Crippen LogP contribution is -2.23. The smallest absolute Gasteiger partial charge is 0.243 e. The van der Waals surface area contributed by atoms with E-state index >= 15 is 0 Å². The Morgan fingerprint density at radius 2 is 2.21 bits per heavy atom. The Bertz CT molecular complexity index is 701. The summed E-state index contributed by atoms with van der Waals surface area (Å²) in [6.45, 7) is 0.138. The first-order valence-corrected chi connectivity index (χ1v) is 7.82. The molecule has 0 bridgehead atoms. The molecule has 1 N–H and O–H groups in total. The van der Waals surface area contributed by atoms with Crippen molar-refractivity contribution in [2.75, 3.05) is 0 Å². The summed E-state index contributed by atoms with van der Waals surface area (Å²) < 4.78 is 28.8. The molecule has 0 aliphatic heterocycles. The summed E-state index contributed by atoms with van der Waals surface area (Å²) in [7, 11) is -1.96. The monoisotopic (exact) mass is 364 g/mol. The van der Waals surface area contributed by atoms with Gasteiger partial charge in [0.15, 0.2) is 0 Å². The molecule has 0 saturated heterocycles. The average molecular weight is 366 g/mol. The van der Waals surface area contributed by atoms with E-state index in [1.165, 1.54) is 12.3 Å². The van der Waals surface area contributed by atoms with Gasteiger partial charge in [0.2, 0.25) is 10.0 Å². The molecule has 0 aromatic carbocycles. The van der Waals surface area contributed by atoms with E-state index < -0.39 is 10.0 Å². The van der Waals surface area contributed by atoms with Gasteiger partial charge in [-0.05, 0) is 22.0 Å². The van der Waals surface area contributed by atoms with Crippen LogP contribution < -0.4 is 4.72 Å². The maximum Gasteiger partial charge on any atom is 0.243 e. The quantitative estimate of drug-likeness (QED) is 0.837. The third kappa shape index (κ3) is 3.53. The fraction of sp³-hybridized carbons (Fsp3) is 0.200. The lowest BCUT2D eigenvalue weighted by molar-refractivity contribution is 0.581. The molecule has 19 heavy (non-hydrogen) atoms. The predicted molar refractivity (Wildman–Crippen MR) is 74.2 cm³/mol. The Balaban J connectivity index is 2.20. The number of hydrogen-bond acceptors (Lipinski definition) is 4. The molecular weight excluding hydrogens is 356 g/mol. The van der Waals surface area contributed by atoms with E-state index in [1.807, 2.05) is 0 Å². The molecule has 2 aromatic heterocycles. The van der Waals surface area contributed by atoms with Gasteiger partial charge >= 0.3 is 0 Å². The number of aryl methyl sites for hydroxylation is 1. The van der Waals surface area contributed by atoms with Gasteiger partial charge in [-0.3, -0.25) is 4.68 Å². The van der Waals surface area contributed by atoms with Crippen LogP contribution in [0.2, 0.25) is 5.15 Å². The highest BCUT2D eigenvalue weighted by atomic mass is 79.9. The molecule has 9 heteroatoms. The van der Waals surface area contributed by atoms with E-state index in [4.69, 9.17) is 11.6 Å². The second-order valence-electron chi connectivity index (χ2n) is 3.79. The molecule has 2 aromatic rings. The molecule has 2 rings (SSSR count). The molecule has 6 nitrogen and oxygen atoms in total. The van der Waals surface area contributed by atoms with Crippen LogP contribution in [0, 0.1) is 0 Å². The van der Waals surface area contributed by atoms with Crippen LogP contribution in [0.15, 0.2) is 34.0 Å². The zero-order chi connectivity index (χ0) is 14.0. The van der Waals surface area contributed by atoms with Crippen molar-refractivity contribution in [1.29, 1.82) is 0 Å². The Morgan fingerprint density at radius 1 is 1.47 bits per heavy atom. The van der Waals surface area contributed by atoms with Crippen LogP contribution in [0.5, 0.6) is 0 Å². The molecule has 102 valence electrons. The molecule has 0 aliphatic rings. The average Bonchev–Trinajstić information content (AvgIpc) is 2.76. The summed E-state index contributed by atoms with van der Waals surface area (Å²) in [4.78, 5) is 3.72. The van der Waals surface area contributed by atoms with Gasteiger partial charge in [0, 0.05) is 36.0 Å². The van der Waals surface area contributed by atoms with Crippen molar-refractivity contribution in [3.05, 3.63) is 39.8 Å². The Labute approximate surface area is 124 Å². The van der Waals surface area contributed by atoms with Gasteiger partial charge in [-0.1, -0.05) is 11.6 Å². The minimum Gasteiger partial charge on any atom is -0.275 e. The van der Waals surface area contributed by atoms with Crippen molar-refractivity contribution in [2.24, 2.45) is 7.05 Å². The van der Waals surface area contributed by atoms with Crippen LogP contribution in [0.1, 0.15) is 5.56 Å². The minimum atomic E-state index is -3.71. The first kappa shape index (κ1) is 14.4. The summed E-state index contributed by atoms with van der Waals surface area (Å²) in [6, 6.07) is 1.40. The Kier molecular flexibility index (Phi) is 4.24. The molecule has 0 radical (unpaired) electrons.